The van der Waals surface area contributed by atoms with Crippen LogP contribution in [-0.2, 0) is 9.53 Å². The van der Waals surface area contributed by atoms with E-state index in [4.69, 9.17) is 4.74 Å². The lowest BCUT2D eigenvalue weighted by Crippen LogP contribution is -2.19. The third kappa shape index (κ3) is 5.14. The highest BCUT2D eigenvalue weighted by atomic mass is 16.5. The molecule has 0 saturated heterocycles. The van der Waals surface area contributed by atoms with E-state index in [-0.39, 0.29) is 13.4 Å². The van der Waals surface area contributed by atoms with Crippen molar-refractivity contribution in [1.29, 1.82) is 0 Å². The molecule has 0 heterocycles. The number of esters is 1. The van der Waals surface area contributed by atoms with Gasteiger partial charge in [0.25, 0.3) is 0 Å². The lowest BCUT2D eigenvalue weighted by Gasteiger charge is -2.29. The van der Waals surface area contributed by atoms with E-state index in [1.165, 1.54) is 54.9 Å². The van der Waals surface area contributed by atoms with Crippen LogP contribution in [0.4, 0.5) is 0 Å². The van der Waals surface area contributed by atoms with Crippen LogP contribution in [0.3, 0.4) is 0 Å². The molecule has 4 unspecified atom stereocenters. The van der Waals surface area contributed by atoms with Crippen molar-refractivity contribution in [2.75, 3.05) is 6.61 Å². The predicted octanol–water partition coefficient (Wildman–Crippen LogP) is 7.89. The topological polar surface area (TPSA) is 46.5 Å². The van der Waals surface area contributed by atoms with Crippen molar-refractivity contribution >= 4 is 17.6 Å². The van der Waals surface area contributed by atoms with E-state index in [1.54, 1.807) is 23.8 Å². The second-order valence-electron chi connectivity index (χ2n) is 9.22. The molecule has 3 nitrogen and oxygen atoms in total. The number of hydrogen-bond donors (Lipinski definition) is 1. The Morgan fingerprint density at radius 1 is 1.00 bits per heavy atom. The standard InChI is InChI=1S/C28H30O3.C2H6.CH4/c1-2-31-27(30)15-8-18-6-9-19(10-7-18)28(20-11-13-22(29)14-12-20)26-17-21-16-25(26)24-5-3-4-23(21)24;1-2;/h6-15,21,23-25,29H,2-5,16-17H2,1H3;1-2H3;1H4/b15-8+,28-26-;;. The van der Waals surface area contributed by atoms with Gasteiger partial charge in [-0.15, -0.1) is 0 Å². The van der Waals surface area contributed by atoms with Gasteiger partial charge in [0.1, 0.15) is 5.75 Å². The van der Waals surface area contributed by atoms with Gasteiger partial charge in [-0.3, -0.25) is 0 Å². The van der Waals surface area contributed by atoms with Crippen LogP contribution in [0.15, 0.2) is 60.2 Å². The Kier molecular flexibility index (Phi) is 8.77. The predicted molar refractivity (Wildman–Crippen MR) is 141 cm³/mol. The molecule has 34 heavy (non-hydrogen) atoms. The van der Waals surface area contributed by atoms with Gasteiger partial charge >= 0.3 is 5.97 Å². The molecule has 3 aliphatic carbocycles. The summed E-state index contributed by atoms with van der Waals surface area (Å²) in [5.41, 5.74) is 6.35. The average Bonchev–Trinajstić information content (AvgIpc) is 3.56. The summed E-state index contributed by atoms with van der Waals surface area (Å²) in [6.45, 7) is 6.19. The molecule has 3 fully saturated rings. The minimum Gasteiger partial charge on any atom is -0.508 e. The molecule has 2 aromatic carbocycles. The number of rotatable bonds is 5. The van der Waals surface area contributed by atoms with E-state index in [0.717, 1.165) is 23.3 Å². The monoisotopic (exact) mass is 460 g/mol. The van der Waals surface area contributed by atoms with Gasteiger partial charge < -0.3 is 9.84 Å². The van der Waals surface area contributed by atoms with Gasteiger partial charge in [-0.1, -0.05) is 69.7 Å². The highest BCUT2D eigenvalue weighted by Gasteiger charge is 2.52. The van der Waals surface area contributed by atoms with Crippen LogP contribution in [0.1, 0.15) is 77.0 Å². The molecule has 3 saturated carbocycles. The molecule has 5 rings (SSSR count). The Bertz CT molecular complexity index is 1010. The first-order valence-corrected chi connectivity index (χ1v) is 12.6. The minimum absolute atomic E-state index is 0. The number of benzene rings is 2. The molecule has 0 amide bonds. The highest BCUT2D eigenvalue weighted by Crippen LogP contribution is 2.62. The summed E-state index contributed by atoms with van der Waals surface area (Å²) in [5, 5.41) is 9.82. The molecular weight excluding hydrogens is 420 g/mol. The SMILES string of the molecule is C.CC.CCOC(=O)/C=C/c1ccc(/C(=C2\CC3CC2C2CCCC32)c2ccc(O)cc2)cc1. The van der Waals surface area contributed by atoms with Crippen LogP contribution in [0.25, 0.3) is 11.6 Å². The third-order valence-corrected chi connectivity index (χ3v) is 7.61. The molecule has 0 aromatic heterocycles. The summed E-state index contributed by atoms with van der Waals surface area (Å²) in [4.78, 5) is 11.6. The Hall–Kier alpha value is -2.81. The second kappa shape index (κ2) is 11.6. The summed E-state index contributed by atoms with van der Waals surface area (Å²) in [7, 11) is 0. The lowest BCUT2D eigenvalue weighted by atomic mass is 9.75. The van der Waals surface area contributed by atoms with Gasteiger partial charge in [-0.25, -0.2) is 4.79 Å². The molecular formula is C31H40O3. The van der Waals surface area contributed by atoms with Crippen molar-refractivity contribution in [1.82, 2.24) is 0 Å². The van der Waals surface area contributed by atoms with Crippen LogP contribution in [0, 0.1) is 23.7 Å². The minimum atomic E-state index is -0.313. The Labute approximate surface area is 205 Å². The molecule has 0 radical (unpaired) electrons. The van der Waals surface area contributed by atoms with Gasteiger partial charge in [-0.2, -0.15) is 0 Å². The summed E-state index contributed by atoms with van der Waals surface area (Å²) < 4.78 is 4.97. The summed E-state index contributed by atoms with van der Waals surface area (Å²) >= 11 is 0. The van der Waals surface area contributed by atoms with Gasteiger partial charge in [-0.05, 0) is 96.8 Å². The van der Waals surface area contributed by atoms with Crippen LogP contribution in [0.5, 0.6) is 5.75 Å². The maximum Gasteiger partial charge on any atom is 0.330 e. The van der Waals surface area contributed by atoms with E-state index >= 15 is 0 Å². The number of carbonyl (C=O) groups excluding carboxylic acids is 1. The van der Waals surface area contributed by atoms with Crippen molar-refractivity contribution in [3.8, 4) is 5.75 Å². The fourth-order valence-corrected chi connectivity index (χ4v) is 6.42. The maximum absolute atomic E-state index is 11.6. The fraction of sp³-hybridized carbons (Fsp3) is 0.452. The van der Waals surface area contributed by atoms with Gasteiger partial charge in [0.2, 0.25) is 0 Å². The lowest BCUT2D eigenvalue weighted by molar-refractivity contribution is -0.137. The molecule has 0 aliphatic heterocycles. The zero-order chi connectivity index (χ0) is 23.4. The summed E-state index contributed by atoms with van der Waals surface area (Å²) in [6.07, 6.45) is 10.1. The Morgan fingerprint density at radius 3 is 2.26 bits per heavy atom. The number of aromatic hydroxyl groups is 1. The van der Waals surface area contributed by atoms with Crippen molar-refractivity contribution in [3.05, 3.63) is 76.9 Å². The average molecular weight is 461 g/mol. The Balaban J connectivity index is 0.00000105. The molecule has 182 valence electrons. The first-order valence-electron chi connectivity index (χ1n) is 12.6. The summed E-state index contributed by atoms with van der Waals surface area (Å²) in [6, 6.07) is 16.1. The van der Waals surface area contributed by atoms with Crippen LogP contribution in [0.2, 0.25) is 0 Å². The van der Waals surface area contributed by atoms with E-state index < -0.39 is 0 Å². The summed E-state index contributed by atoms with van der Waals surface area (Å²) in [5.74, 6) is 3.37. The zero-order valence-corrected chi connectivity index (χ0v) is 20.1. The van der Waals surface area contributed by atoms with Crippen LogP contribution < -0.4 is 0 Å². The largest absolute Gasteiger partial charge is 0.508 e. The Morgan fingerprint density at radius 2 is 1.62 bits per heavy atom. The second-order valence-corrected chi connectivity index (χ2v) is 9.22. The van der Waals surface area contributed by atoms with Crippen molar-refractivity contribution in [3.63, 3.8) is 0 Å². The van der Waals surface area contributed by atoms with E-state index in [9.17, 15) is 9.90 Å². The van der Waals surface area contributed by atoms with Crippen LogP contribution in [-0.4, -0.2) is 17.7 Å². The van der Waals surface area contributed by atoms with Crippen molar-refractivity contribution in [2.45, 2.75) is 60.3 Å². The number of phenolic OH excluding ortho intramolecular Hbond substituents is 1. The first-order chi connectivity index (χ1) is 16.1. The molecule has 4 atom stereocenters. The molecule has 0 spiro atoms. The number of ether oxygens (including phenoxy) is 1. The number of fused-ring (bicyclic) bond motifs is 5. The molecule has 2 bridgehead atoms. The van der Waals surface area contributed by atoms with Gasteiger partial charge in [0.15, 0.2) is 0 Å². The maximum atomic E-state index is 11.6. The van der Waals surface area contributed by atoms with Crippen molar-refractivity contribution in [2.24, 2.45) is 23.7 Å². The van der Waals surface area contributed by atoms with Gasteiger partial charge in [0.05, 0.1) is 6.61 Å². The number of phenols is 1. The van der Waals surface area contributed by atoms with Gasteiger partial charge in [0, 0.05) is 6.08 Å². The normalized spacial score (nSPS) is 25.9. The first kappa shape index (κ1) is 25.8. The fourth-order valence-electron chi connectivity index (χ4n) is 6.42. The zero-order valence-electron chi connectivity index (χ0n) is 20.1. The van der Waals surface area contributed by atoms with E-state index in [1.807, 2.05) is 32.9 Å². The molecule has 3 aliphatic rings. The molecule has 2 aromatic rings. The number of carbonyl (C=O) groups is 1. The third-order valence-electron chi connectivity index (χ3n) is 7.61. The number of hydrogen-bond acceptors (Lipinski definition) is 3. The quantitative estimate of drug-likeness (QED) is 0.364. The number of allylic oxidation sites excluding steroid dienone is 1. The highest BCUT2D eigenvalue weighted by molar-refractivity contribution is 5.87. The van der Waals surface area contributed by atoms with Crippen LogP contribution >= 0.6 is 0 Å². The van der Waals surface area contributed by atoms with E-state index in [0.29, 0.717) is 18.3 Å². The smallest absolute Gasteiger partial charge is 0.330 e. The van der Waals surface area contributed by atoms with Crippen molar-refractivity contribution < 1.29 is 14.6 Å². The molecule has 3 heteroatoms. The van der Waals surface area contributed by atoms with E-state index in [2.05, 4.69) is 24.3 Å². The molecule has 1 N–H and O–H groups in total.